The Morgan fingerprint density at radius 1 is 1.27 bits per heavy atom. The molecule has 0 spiro atoms. The molecule has 0 radical (unpaired) electrons. The van der Waals surface area contributed by atoms with E-state index in [0.717, 1.165) is 16.7 Å². The van der Waals surface area contributed by atoms with E-state index in [1.807, 2.05) is 38.1 Å². The van der Waals surface area contributed by atoms with Gasteiger partial charge in [0.1, 0.15) is 11.9 Å². The van der Waals surface area contributed by atoms with E-state index in [0.29, 0.717) is 6.54 Å². The molecule has 22 heavy (non-hydrogen) atoms. The Hall–Kier alpha value is -2.22. The lowest BCUT2D eigenvalue weighted by Gasteiger charge is -2.19. The highest BCUT2D eigenvalue weighted by atomic mass is 19.1. The number of hydrogen-bond acceptors (Lipinski definition) is 3. The van der Waals surface area contributed by atoms with E-state index in [-0.39, 0.29) is 11.6 Å². The van der Waals surface area contributed by atoms with Gasteiger partial charge in [0, 0.05) is 12.6 Å². The van der Waals surface area contributed by atoms with Gasteiger partial charge in [-0.2, -0.15) is 5.26 Å². The minimum atomic E-state index is -0.619. The molecule has 0 aliphatic carbocycles. The molecule has 0 heterocycles. The minimum absolute atomic E-state index is 0.0379. The van der Waals surface area contributed by atoms with E-state index in [1.165, 1.54) is 12.1 Å². The Morgan fingerprint density at radius 3 is 2.64 bits per heavy atom. The molecule has 2 N–H and O–H groups in total. The number of aliphatic hydroxyl groups is 1. The third kappa shape index (κ3) is 3.70. The molecule has 0 fully saturated rings. The molecule has 0 aromatic heterocycles. The summed E-state index contributed by atoms with van der Waals surface area (Å²) in [6, 6.07) is 13.9. The molecule has 3 nitrogen and oxygen atoms in total. The molecule has 2 rings (SSSR count). The summed E-state index contributed by atoms with van der Waals surface area (Å²) in [5.74, 6) is -0.520. The summed E-state index contributed by atoms with van der Waals surface area (Å²) in [4.78, 5) is 0. The van der Waals surface area contributed by atoms with Crippen LogP contribution in [0.4, 0.5) is 4.39 Å². The maximum absolute atomic E-state index is 13.6. The van der Waals surface area contributed by atoms with Crippen LogP contribution in [-0.4, -0.2) is 11.7 Å². The van der Waals surface area contributed by atoms with Gasteiger partial charge in [-0.3, -0.25) is 0 Å². The van der Waals surface area contributed by atoms with Crippen LogP contribution in [0.5, 0.6) is 0 Å². The monoisotopic (exact) mass is 298 g/mol. The van der Waals surface area contributed by atoms with Crippen LogP contribution in [0.15, 0.2) is 42.5 Å². The predicted molar refractivity (Wildman–Crippen MR) is 83.7 cm³/mol. The first-order valence-corrected chi connectivity index (χ1v) is 7.19. The fraction of sp³-hybridized carbons (Fsp3) is 0.278. The molecular weight excluding hydrogens is 279 g/mol. The molecule has 2 aromatic rings. The molecular formula is C18H19FN2O. The Kier molecular flexibility index (Phi) is 5.26. The van der Waals surface area contributed by atoms with Crippen LogP contribution in [0.3, 0.4) is 0 Å². The maximum atomic E-state index is 13.6. The second-order valence-electron chi connectivity index (χ2n) is 5.35. The number of nitrogens with one attached hydrogen (secondary N) is 1. The molecule has 114 valence electrons. The average Bonchev–Trinajstić information content (AvgIpc) is 2.52. The third-order valence-electron chi connectivity index (χ3n) is 3.78. The largest absolute Gasteiger partial charge is 0.387 e. The first-order valence-electron chi connectivity index (χ1n) is 7.19. The van der Waals surface area contributed by atoms with Crippen LogP contribution in [-0.2, 0) is 0 Å². The first-order chi connectivity index (χ1) is 10.5. The quantitative estimate of drug-likeness (QED) is 0.889. The molecule has 2 unspecified atom stereocenters. The van der Waals surface area contributed by atoms with Gasteiger partial charge in [0.25, 0.3) is 0 Å². The summed E-state index contributed by atoms with van der Waals surface area (Å²) in [5.41, 5.74) is 2.70. The molecule has 0 amide bonds. The van der Waals surface area contributed by atoms with Crippen LogP contribution < -0.4 is 5.32 Å². The van der Waals surface area contributed by atoms with Gasteiger partial charge >= 0.3 is 0 Å². The normalized spacial score (nSPS) is 13.4. The van der Waals surface area contributed by atoms with Gasteiger partial charge in [-0.1, -0.05) is 30.3 Å². The fourth-order valence-electron chi connectivity index (χ4n) is 2.37. The molecule has 0 aliphatic heterocycles. The Bertz CT molecular complexity index is 694. The van der Waals surface area contributed by atoms with Crippen molar-refractivity contribution in [2.75, 3.05) is 6.54 Å². The van der Waals surface area contributed by atoms with Gasteiger partial charge in [-0.15, -0.1) is 0 Å². The highest BCUT2D eigenvalue weighted by Crippen LogP contribution is 2.19. The summed E-state index contributed by atoms with van der Waals surface area (Å²) in [6.45, 7) is 4.22. The molecule has 2 atom stereocenters. The van der Waals surface area contributed by atoms with Crippen LogP contribution in [0.1, 0.15) is 41.3 Å². The topological polar surface area (TPSA) is 56.0 Å². The highest BCUT2D eigenvalue weighted by molar-refractivity contribution is 5.34. The molecule has 0 bridgehead atoms. The van der Waals surface area contributed by atoms with Gasteiger partial charge in [0.2, 0.25) is 0 Å². The number of halogens is 1. The molecule has 0 saturated heterocycles. The number of rotatable bonds is 5. The summed E-state index contributed by atoms with van der Waals surface area (Å²) in [6.07, 6.45) is -0.619. The third-order valence-corrected chi connectivity index (χ3v) is 3.78. The van der Waals surface area contributed by atoms with Crippen LogP contribution in [0.25, 0.3) is 0 Å². The zero-order chi connectivity index (χ0) is 16.1. The van der Waals surface area contributed by atoms with E-state index in [4.69, 9.17) is 5.26 Å². The number of benzene rings is 2. The number of nitriles is 1. The lowest BCUT2D eigenvalue weighted by molar-refractivity contribution is 0.170. The van der Waals surface area contributed by atoms with Crippen molar-refractivity contribution in [1.82, 2.24) is 5.32 Å². The zero-order valence-corrected chi connectivity index (χ0v) is 12.7. The van der Waals surface area contributed by atoms with Crippen LogP contribution in [0, 0.1) is 24.1 Å². The number of aryl methyl sites for hydroxylation is 1. The van der Waals surface area contributed by atoms with Crippen molar-refractivity contribution in [2.45, 2.75) is 26.0 Å². The van der Waals surface area contributed by atoms with Gasteiger partial charge in [-0.05, 0) is 42.7 Å². The molecule has 0 aliphatic rings. The van der Waals surface area contributed by atoms with E-state index >= 15 is 0 Å². The second-order valence-corrected chi connectivity index (χ2v) is 5.35. The van der Waals surface area contributed by atoms with Crippen molar-refractivity contribution in [1.29, 1.82) is 5.26 Å². The van der Waals surface area contributed by atoms with Crippen molar-refractivity contribution in [2.24, 2.45) is 0 Å². The van der Waals surface area contributed by atoms with E-state index < -0.39 is 11.9 Å². The van der Waals surface area contributed by atoms with Gasteiger partial charge in [0.05, 0.1) is 11.7 Å². The Balaban J connectivity index is 2.01. The molecule has 0 saturated carbocycles. The predicted octanol–water partition coefficient (Wildman–Crippen LogP) is 3.39. The summed E-state index contributed by atoms with van der Waals surface area (Å²) < 4.78 is 13.6. The lowest BCUT2D eigenvalue weighted by atomic mass is 10.0. The highest BCUT2D eigenvalue weighted by Gasteiger charge is 2.13. The van der Waals surface area contributed by atoms with E-state index in [2.05, 4.69) is 5.32 Å². The number of nitrogens with zero attached hydrogens (tertiary/aromatic N) is 1. The van der Waals surface area contributed by atoms with Crippen LogP contribution >= 0.6 is 0 Å². The van der Waals surface area contributed by atoms with Gasteiger partial charge < -0.3 is 10.4 Å². The Morgan fingerprint density at radius 2 is 2.00 bits per heavy atom. The van der Waals surface area contributed by atoms with Gasteiger partial charge in [0.15, 0.2) is 0 Å². The van der Waals surface area contributed by atoms with Crippen LogP contribution in [0.2, 0.25) is 0 Å². The van der Waals surface area contributed by atoms with E-state index in [1.54, 1.807) is 12.1 Å². The molecule has 4 heteroatoms. The SMILES string of the molecule is Cc1ccccc1C(O)CNC(C)c1ccc(C#N)c(F)c1. The smallest absolute Gasteiger partial charge is 0.141 e. The molecule has 2 aromatic carbocycles. The zero-order valence-electron chi connectivity index (χ0n) is 12.7. The van der Waals surface area contributed by atoms with Crippen molar-refractivity contribution >= 4 is 0 Å². The van der Waals surface area contributed by atoms with E-state index in [9.17, 15) is 9.50 Å². The number of aliphatic hydroxyl groups excluding tert-OH is 1. The first kappa shape index (κ1) is 16.2. The summed E-state index contributed by atoms with van der Waals surface area (Å²) >= 11 is 0. The average molecular weight is 298 g/mol. The summed E-state index contributed by atoms with van der Waals surface area (Å²) in [5, 5.41) is 22.2. The second kappa shape index (κ2) is 7.17. The standard InChI is InChI=1S/C18H19FN2O/c1-12-5-3-4-6-16(12)18(22)11-21-13(2)14-7-8-15(10-20)17(19)9-14/h3-9,13,18,21-22H,11H2,1-2H3. The maximum Gasteiger partial charge on any atom is 0.141 e. The van der Waals surface area contributed by atoms with Crippen molar-refractivity contribution in [3.8, 4) is 6.07 Å². The van der Waals surface area contributed by atoms with Crippen molar-refractivity contribution < 1.29 is 9.50 Å². The Labute approximate surface area is 130 Å². The fourth-order valence-corrected chi connectivity index (χ4v) is 2.37. The van der Waals surface area contributed by atoms with Gasteiger partial charge in [-0.25, -0.2) is 4.39 Å². The minimum Gasteiger partial charge on any atom is -0.387 e. The lowest BCUT2D eigenvalue weighted by Crippen LogP contribution is -2.25. The van der Waals surface area contributed by atoms with Crippen molar-refractivity contribution in [3.63, 3.8) is 0 Å². The van der Waals surface area contributed by atoms with Crippen molar-refractivity contribution in [3.05, 3.63) is 70.5 Å². The number of hydrogen-bond donors (Lipinski definition) is 2. The summed E-state index contributed by atoms with van der Waals surface area (Å²) in [7, 11) is 0.